The van der Waals surface area contributed by atoms with E-state index in [4.69, 9.17) is 5.11 Å². The third kappa shape index (κ3) is 2.62. The zero-order valence-corrected chi connectivity index (χ0v) is 10.4. The highest BCUT2D eigenvalue weighted by Crippen LogP contribution is 2.20. The number of nitrogens with one attached hydrogen (secondary N) is 1. The second kappa shape index (κ2) is 4.95. The van der Waals surface area contributed by atoms with Crippen LogP contribution in [0.3, 0.4) is 0 Å². The molecule has 1 saturated heterocycles. The molecule has 0 aliphatic carbocycles. The molecule has 1 amide bonds. The molecule has 1 aliphatic heterocycles. The van der Waals surface area contributed by atoms with Gasteiger partial charge in [-0.2, -0.15) is 4.31 Å². The van der Waals surface area contributed by atoms with E-state index in [2.05, 4.69) is 5.32 Å². The van der Waals surface area contributed by atoms with Crippen LogP contribution in [0.2, 0.25) is 0 Å². The molecule has 1 atom stereocenters. The number of amides is 1. The quantitative estimate of drug-likeness (QED) is 0.847. The highest BCUT2D eigenvalue weighted by molar-refractivity contribution is 7.89. The van der Waals surface area contributed by atoms with Crippen LogP contribution in [-0.2, 0) is 10.0 Å². The third-order valence-electron chi connectivity index (χ3n) is 2.86. The Morgan fingerprint density at radius 3 is 2.61 bits per heavy atom. The zero-order valence-electron chi connectivity index (χ0n) is 9.61. The summed E-state index contributed by atoms with van der Waals surface area (Å²) in [6.07, 6.45) is -0.628. The van der Waals surface area contributed by atoms with Crippen molar-refractivity contribution in [1.82, 2.24) is 9.62 Å². The number of carboxylic acid groups (broad SMARTS) is 1. The summed E-state index contributed by atoms with van der Waals surface area (Å²) in [5.74, 6) is 0. The monoisotopic (exact) mass is 270 g/mol. The Kier molecular flexibility index (Phi) is 3.53. The zero-order chi connectivity index (χ0) is 13.2. The predicted octanol–water partition coefficient (Wildman–Crippen LogP) is 0.717. The van der Waals surface area contributed by atoms with Gasteiger partial charge in [0.1, 0.15) is 0 Å². The van der Waals surface area contributed by atoms with Crippen molar-refractivity contribution < 1.29 is 18.3 Å². The minimum Gasteiger partial charge on any atom is -0.465 e. The first kappa shape index (κ1) is 12.8. The molecule has 1 aromatic carbocycles. The average molecular weight is 270 g/mol. The number of hydrogen-bond acceptors (Lipinski definition) is 3. The molecule has 6 nitrogen and oxygen atoms in total. The Balaban J connectivity index is 2.12. The van der Waals surface area contributed by atoms with E-state index < -0.39 is 16.1 Å². The molecule has 2 rings (SSSR count). The van der Waals surface area contributed by atoms with Crippen LogP contribution in [0.5, 0.6) is 0 Å². The van der Waals surface area contributed by atoms with Gasteiger partial charge in [-0.1, -0.05) is 18.2 Å². The summed E-state index contributed by atoms with van der Waals surface area (Å²) in [5, 5.41) is 10.9. The number of hydrogen-bond donors (Lipinski definition) is 2. The summed E-state index contributed by atoms with van der Waals surface area (Å²) in [5.41, 5.74) is 0. The van der Waals surface area contributed by atoms with Crippen molar-refractivity contribution in [1.29, 1.82) is 0 Å². The summed E-state index contributed by atoms with van der Waals surface area (Å²) in [6.45, 7) is 0.520. The van der Waals surface area contributed by atoms with Crippen molar-refractivity contribution >= 4 is 16.1 Å². The molecule has 0 spiro atoms. The lowest BCUT2D eigenvalue weighted by molar-refractivity contribution is 0.190. The predicted molar refractivity (Wildman–Crippen MR) is 64.8 cm³/mol. The average Bonchev–Trinajstić information content (AvgIpc) is 2.78. The number of sulfonamides is 1. The van der Waals surface area contributed by atoms with Crippen LogP contribution >= 0.6 is 0 Å². The SMILES string of the molecule is O=C(O)NC1CCN(S(=O)(=O)c2ccccc2)C1. The molecular formula is C11H14N2O4S. The van der Waals surface area contributed by atoms with E-state index in [-0.39, 0.29) is 17.5 Å². The van der Waals surface area contributed by atoms with Gasteiger partial charge >= 0.3 is 6.09 Å². The first-order valence-corrected chi connectivity index (χ1v) is 6.99. The first-order valence-electron chi connectivity index (χ1n) is 5.55. The summed E-state index contributed by atoms with van der Waals surface area (Å²) in [4.78, 5) is 10.7. The van der Waals surface area contributed by atoms with E-state index in [9.17, 15) is 13.2 Å². The van der Waals surface area contributed by atoms with Crippen LogP contribution in [0.4, 0.5) is 4.79 Å². The van der Waals surface area contributed by atoms with Crippen molar-refractivity contribution in [2.45, 2.75) is 17.4 Å². The molecule has 7 heteroatoms. The fourth-order valence-electron chi connectivity index (χ4n) is 1.98. The van der Waals surface area contributed by atoms with Gasteiger partial charge in [0.05, 0.1) is 4.90 Å². The third-order valence-corrected chi connectivity index (χ3v) is 4.74. The normalized spacial score (nSPS) is 20.8. The molecule has 0 saturated carbocycles. The van der Waals surface area contributed by atoms with Gasteiger partial charge in [-0.25, -0.2) is 13.2 Å². The van der Waals surface area contributed by atoms with Crippen LogP contribution < -0.4 is 5.32 Å². The lowest BCUT2D eigenvalue weighted by atomic mass is 10.3. The van der Waals surface area contributed by atoms with Crippen LogP contribution in [0.15, 0.2) is 35.2 Å². The van der Waals surface area contributed by atoms with E-state index in [1.165, 1.54) is 16.4 Å². The van der Waals surface area contributed by atoms with Gasteiger partial charge < -0.3 is 10.4 Å². The van der Waals surface area contributed by atoms with Crippen LogP contribution in [-0.4, -0.2) is 43.1 Å². The van der Waals surface area contributed by atoms with Gasteiger partial charge in [0.2, 0.25) is 10.0 Å². The van der Waals surface area contributed by atoms with E-state index >= 15 is 0 Å². The van der Waals surface area contributed by atoms with Crippen molar-refractivity contribution in [3.05, 3.63) is 30.3 Å². The minimum atomic E-state index is -3.51. The summed E-state index contributed by atoms with van der Waals surface area (Å²) in [7, 11) is -3.51. The number of nitrogens with zero attached hydrogens (tertiary/aromatic N) is 1. The number of benzene rings is 1. The van der Waals surface area contributed by atoms with Crippen molar-refractivity contribution in [2.24, 2.45) is 0 Å². The summed E-state index contributed by atoms with van der Waals surface area (Å²) >= 11 is 0. The Bertz CT molecular complexity index is 529. The van der Waals surface area contributed by atoms with Gasteiger partial charge in [0.25, 0.3) is 0 Å². The van der Waals surface area contributed by atoms with E-state index in [0.717, 1.165) is 0 Å². The fraction of sp³-hybridized carbons (Fsp3) is 0.364. The lowest BCUT2D eigenvalue weighted by Gasteiger charge is -2.16. The molecule has 0 radical (unpaired) electrons. The van der Waals surface area contributed by atoms with E-state index in [0.29, 0.717) is 13.0 Å². The molecular weight excluding hydrogens is 256 g/mol. The van der Waals surface area contributed by atoms with Gasteiger partial charge in [-0.05, 0) is 18.6 Å². The Hall–Kier alpha value is -1.60. The Morgan fingerprint density at radius 1 is 1.33 bits per heavy atom. The Labute approximate surface area is 105 Å². The van der Waals surface area contributed by atoms with Crippen LogP contribution in [0.1, 0.15) is 6.42 Å². The number of carbonyl (C=O) groups is 1. The largest absolute Gasteiger partial charge is 0.465 e. The maximum atomic E-state index is 12.2. The smallest absolute Gasteiger partial charge is 0.404 e. The van der Waals surface area contributed by atoms with Gasteiger partial charge in [-0.3, -0.25) is 0 Å². The summed E-state index contributed by atoms with van der Waals surface area (Å²) < 4.78 is 25.7. The maximum absolute atomic E-state index is 12.2. The molecule has 1 aromatic rings. The number of rotatable bonds is 3. The lowest BCUT2D eigenvalue weighted by Crippen LogP contribution is -2.37. The summed E-state index contributed by atoms with van der Waals surface area (Å²) in [6, 6.07) is 7.81. The molecule has 98 valence electrons. The first-order chi connectivity index (χ1) is 8.50. The van der Waals surface area contributed by atoms with E-state index in [1.54, 1.807) is 18.2 Å². The van der Waals surface area contributed by atoms with Gasteiger partial charge in [0, 0.05) is 19.1 Å². The topological polar surface area (TPSA) is 86.7 Å². The van der Waals surface area contributed by atoms with Gasteiger partial charge in [0.15, 0.2) is 0 Å². The Morgan fingerprint density at radius 2 is 2.00 bits per heavy atom. The molecule has 1 fully saturated rings. The molecule has 1 aliphatic rings. The second-order valence-electron chi connectivity index (χ2n) is 4.11. The molecule has 0 aromatic heterocycles. The minimum absolute atomic E-state index is 0.184. The maximum Gasteiger partial charge on any atom is 0.404 e. The highest BCUT2D eigenvalue weighted by Gasteiger charge is 2.32. The molecule has 0 bridgehead atoms. The molecule has 1 unspecified atom stereocenters. The van der Waals surface area contributed by atoms with Crippen molar-refractivity contribution in [3.63, 3.8) is 0 Å². The highest BCUT2D eigenvalue weighted by atomic mass is 32.2. The van der Waals surface area contributed by atoms with Gasteiger partial charge in [-0.15, -0.1) is 0 Å². The molecule has 1 heterocycles. The van der Waals surface area contributed by atoms with Crippen LogP contribution in [0, 0.1) is 0 Å². The standard InChI is InChI=1S/C11H14N2O4S/c14-11(15)12-9-6-7-13(8-9)18(16,17)10-4-2-1-3-5-10/h1-5,9,12H,6-8H2,(H,14,15). The second-order valence-corrected chi connectivity index (χ2v) is 6.05. The molecule has 18 heavy (non-hydrogen) atoms. The van der Waals surface area contributed by atoms with Crippen LogP contribution in [0.25, 0.3) is 0 Å². The fourth-order valence-corrected chi connectivity index (χ4v) is 3.50. The molecule has 2 N–H and O–H groups in total. The van der Waals surface area contributed by atoms with E-state index in [1.807, 2.05) is 0 Å². The van der Waals surface area contributed by atoms with Crippen molar-refractivity contribution in [2.75, 3.05) is 13.1 Å². The van der Waals surface area contributed by atoms with Crippen molar-refractivity contribution in [3.8, 4) is 0 Å².